The molecule has 0 fully saturated rings. The summed E-state index contributed by atoms with van der Waals surface area (Å²) in [7, 11) is 0. The molecular formula is C24H15Cl6N3O2. The SMILES string of the molecule is O=C(Nc1nn(Cc2ccc(Cl)cc2Cl)cc1Cl)c1cccc(COc2c(Cl)cc(Cl)cc2Cl)c1. The van der Waals surface area contributed by atoms with Gasteiger partial charge in [0.1, 0.15) is 11.6 Å². The third kappa shape index (κ3) is 6.56. The number of halogens is 6. The van der Waals surface area contributed by atoms with E-state index in [0.29, 0.717) is 43.0 Å². The van der Waals surface area contributed by atoms with Crippen molar-refractivity contribution < 1.29 is 9.53 Å². The molecule has 4 rings (SSSR count). The zero-order chi connectivity index (χ0) is 25.1. The van der Waals surface area contributed by atoms with Crippen LogP contribution in [-0.2, 0) is 13.2 Å². The van der Waals surface area contributed by atoms with Gasteiger partial charge in [0.05, 0.1) is 16.6 Å². The monoisotopic (exact) mass is 587 g/mol. The predicted molar refractivity (Wildman–Crippen MR) is 143 cm³/mol. The fraction of sp³-hybridized carbons (Fsp3) is 0.0833. The second kappa shape index (κ2) is 11.3. The van der Waals surface area contributed by atoms with Gasteiger partial charge in [-0.05, 0) is 47.5 Å². The molecule has 5 nitrogen and oxygen atoms in total. The number of amides is 1. The van der Waals surface area contributed by atoms with E-state index in [2.05, 4.69) is 10.4 Å². The molecule has 4 aromatic rings. The summed E-state index contributed by atoms with van der Waals surface area (Å²) in [6.07, 6.45) is 1.60. The summed E-state index contributed by atoms with van der Waals surface area (Å²) in [5.41, 5.74) is 1.93. The summed E-state index contributed by atoms with van der Waals surface area (Å²) in [6.45, 7) is 0.494. The van der Waals surface area contributed by atoms with Gasteiger partial charge >= 0.3 is 0 Å². The van der Waals surface area contributed by atoms with Crippen molar-refractivity contribution in [2.75, 3.05) is 5.32 Å². The van der Waals surface area contributed by atoms with Gasteiger partial charge in [-0.15, -0.1) is 0 Å². The number of rotatable bonds is 7. The first kappa shape index (κ1) is 26.0. The first-order chi connectivity index (χ1) is 16.7. The van der Waals surface area contributed by atoms with Crippen molar-refractivity contribution in [2.45, 2.75) is 13.2 Å². The van der Waals surface area contributed by atoms with Crippen LogP contribution in [0.2, 0.25) is 30.1 Å². The highest BCUT2D eigenvalue weighted by Crippen LogP contribution is 2.36. The van der Waals surface area contributed by atoms with E-state index in [1.165, 1.54) is 12.1 Å². The number of benzene rings is 3. The maximum Gasteiger partial charge on any atom is 0.256 e. The molecule has 11 heteroatoms. The molecule has 0 saturated carbocycles. The zero-order valence-electron chi connectivity index (χ0n) is 17.7. The van der Waals surface area contributed by atoms with Crippen LogP contribution in [0.5, 0.6) is 5.75 Å². The number of carbonyl (C=O) groups is 1. The number of carbonyl (C=O) groups excluding carboxylic acids is 1. The lowest BCUT2D eigenvalue weighted by Gasteiger charge is -2.11. The summed E-state index contributed by atoms with van der Waals surface area (Å²) < 4.78 is 7.33. The van der Waals surface area contributed by atoms with Crippen LogP contribution in [-0.4, -0.2) is 15.7 Å². The molecular weight excluding hydrogens is 575 g/mol. The summed E-state index contributed by atoms with van der Waals surface area (Å²) in [5.74, 6) is 0.153. The van der Waals surface area contributed by atoms with Crippen LogP contribution in [0, 0.1) is 0 Å². The average Bonchev–Trinajstić information content (AvgIpc) is 3.13. The standard InChI is InChI=1S/C24H15Cl6N3O2/c25-16-5-4-15(18(27)7-16)10-33-11-21(30)23(32-33)31-24(34)14-3-1-2-13(6-14)12-35-22-19(28)8-17(26)9-20(22)29/h1-9,11H,10,12H2,(H,31,32,34). The van der Waals surface area contributed by atoms with Crippen LogP contribution in [0.15, 0.2) is 60.8 Å². The molecule has 0 atom stereocenters. The van der Waals surface area contributed by atoms with Crippen molar-refractivity contribution in [3.63, 3.8) is 0 Å². The minimum atomic E-state index is -0.383. The molecule has 1 heterocycles. The van der Waals surface area contributed by atoms with Gasteiger partial charge < -0.3 is 10.1 Å². The van der Waals surface area contributed by atoms with Crippen molar-refractivity contribution in [3.05, 3.63) is 108 Å². The second-order valence-corrected chi connectivity index (χ2v) is 9.90. The smallest absolute Gasteiger partial charge is 0.256 e. The van der Waals surface area contributed by atoms with Gasteiger partial charge in [0.25, 0.3) is 5.91 Å². The Bertz CT molecular complexity index is 1380. The van der Waals surface area contributed by atoms with Crippen molar-refractivity contribution >= 4 is 81.3 Å². The van der Waals surface area contributed by atoms with Gasteiger partial charge in [-0.25, -0.2) is 0 Å². The minimum Gasteiger partial charge on any atom is -0.486 e. The first-order valence-electron chi connectivity index (χ1n) is 10.0. The van der Waals surface area contributed by atoms with Crippen LogP contribution < -0.4 is 10.1 Å². The molecule has 0 aliphatic heterocycles. The van der Waals surface area contributed by atoms with Crippen LogP contribution in [0.1, 0.15) is 21.5 Å². The topological polar surface area (TPSA) is 56.2 Å². The van der Waals surface area contributed by atoms with E-state index in [0.717, 1.165) is 11.1 Å². The van der Waals surface area contributed by atoms with Gasteiger partial charge in [-0.2, -0.15) is 5.10 Å². The lowest BCUT2D eigenvalue weighted by atomic mass is 10.1. The number of anilines is 1. The Morgan fingerprint density at radius 3 is 2.29 bits per heavy atom. The highest BCUT2D eigenvalue weighted by molar-refractivity contribution is 6.40. The lowest BCUT2D eigenvalue weighted by molar-refractivity contribution is 0.102. The molecule has 0 saturated heterocycles. The molecule has 3 aromatic carbocycles. The third-order valence-corrected chi connectivity index (χ3v) is 6.48. The van der Waals surface area contributed by atoms with Gasteiger partial charge in [-0.3, -0.25) is 9.48 Å². The fourth-order valence-corrected chi connectivity index (χ4v) is 4.78. The maximum atomic E-state index is 12.8. The Labute approximate surface area is 231 Å². The predicted octanol–water partition coefficient (Wildman–Crippen LogP) is 8.68. The highest BCUT2D eigenvalue weighted by Gasteiger charge is 2.15. The van der Waals surface area contributed by atoms with Crippen LogP contribution in [0.3, 0.4) is 0 Å². The molecule has 1 aromatic heterocycles. The lowest BCUT2D eigenvalue weighted by Crippen LogP contribution is -2.13. The van der Waals surface area contributed by atoms with E-state index in [-0.39, 0.29) is 23.4 Å². The van der Waals surface area contributed by atoms with Crippen LogP contribution in [0.25, 0.3) is 0 Å². The van der Waals surface area contributed by atoms with Gasteiger partial charge in [0.2, 0.25) is 0 Å². The van der Waals surface area contributed by atoms with E-state index in [1.54, 1.807) is 47.3 Å². The minimum absolute atomic E-state index is 0.138. The number of hydrogen-bond donors (Lipinski definition) is 1. The summed E-state index contributed by atoms with van der Waals surface area (Å²) in [4.78, 5) is 12.8. The molecule has 0 spiro atoms. The molecule has 0 bridgehead atoms. The first-order valence-corrected chi connectivity index (χ1v) is 12.3. The third-order valence-electron chi connectivity index (χ3n) is 4.83. The van der Waals surface area contributed by atoms with E-state index in [9.17, 15) is 4.79 Å². The highest BCUT2D eigenvalue weighted by atomic mass is 35.5. The molecule has 1 N–H and O–H groups in total. The number of hydrogen-bond acceptors (Lipinski definition) is 3. The van der Waals surface area contributed by atoms with Crippen molar-refractivity contribution in [2.24, 2.45) is 0 Å². The Morgan fingerprint density at radius 2 is 1.57 bits per heavy atom. The molecule has 0 aliphatic rings. The van der Waals surface area contributed by atoms with E-state index < -0.39 is 0 Å². The molecule has 35 heavy (non-hydrogen) atoms. The van der Waals surface area contributed by atoms with E-state index in [4.69, 9.17) is 74.3 Å². The second-order valence-electron chi connectivity index (χ2n) is 7.40. The van der Waals surface area contributed by atoms with Crippen molar-refractivity contribution in [1.82, 2.24) is 9.78 Å². The molecule has 180 valence electrons. The van der Waals surface area contributed by atoms with Gasteiger partial charge in [0, 0.05) is 26.8 Å². The number of aromatic nitrogens is 2. The number of nitrogens with zero attached hydrogens (tertiary/aromatic N) is 2. The number of ether oxygens (including phenoxy) is 1. The van der Waals surface area contributed by atoms with E-state index in [1.807, 2.05) is 6.07 Å². The van der Waals surface area contributed by atoms with E-state index >= 15 is 0 Å². The number of nitrogens with one attached hydrogen (secondary N) is 1. The summed E-state index contributed by atoms with van der Waals surface area (Å²) in [6, 6.07) is 15.2. The van der Waals surface area contributed by atoms with Gasteiger partial charge in [-0.1, -0.05) is 87.8 Å². The molecule has 1 amide bonds. The maximum absolute atomic E-state index is 12.8. The largest absolute Gasteiger partial charge is 0.486 e. The quantitative estimate of drug-likeness (QED) is 0.235. The Kier molecular flexibility index (Phi) is 8.38. The Balaban J connectivity index is 1.44. The Hall–Kier alpha value is -2.12. The van der Waals surface area contributed by atoms with Crippen LogP contribution >= 0.6 is 69.6 Å². The normalized spacial score (nSPS) is 10.9. The van der Waals surface area contributed by atoms with Crippen molar-refractivity contribution in [3.8, 4) is 5.75 Å². The summed E-state index contributed by atoms with van der Waals surface area (Å²) >= 11 is 36.7. The summed E-state index contributed by atoms with van der Waals surface area (Å²) in [5, 5.41) is 9.41. The average molecular weight is 590 g/mol. The molecule has 0 aliphatic carbocycles. The Morgan fingerprint density at radius 1 is 0.857 bits per heavy atom. The van der Waals surface area contributed by atoms with Crippen molar-refractivity contribution in [1.29, 1.82) is 0 Å². The zero-order valence-corrected chi connectivity index (χ0v) is 22.2. The van der Waals surface area contributed by atoms with Crippen LogP contribution in [0.4, 0.5) is 5.82 Å². The fourth-order valence-electron chi connectivity index (χ4n) is 3.19. The molecule has 0 radical (unpaired) electrons. The molecule has 0 unspecified atom stereocenters. The van der Waals surface area contributed by atoms with Gasteiger partial charge in [0.15, 0.2) is 11.6 Å².